The number of fused-ring (bicyclic) bond motifs is 1. The molecule has 1 atom stereocenters. The van der Waals surface area contributed by atoms with E-state index in [9.17, 15) is 0 Å². The van der Waals surface area contributed by atoms with Crippen LogP contribution in [-0.2, 0) is 0 Å². The van der Waals surface area contributed by atoms with E-state index >= 15 is 0 Å². The molecule has 0 saturated heterocycles. The fourth-order valence-corrected chi connectivity index (χ4v) is 2.80. The van der Waals surface area contributed by atoms with Crippen molar-refractivity contribution in [2.24, 2.45) is 0 Å². The monoisotopic (exact) mass is 326 g/mol. The molecule has 2 rings (SSSR count). The van der Waals surface area contributed by atoms with Crippen molar-refractivity contribution in [1.29, 1.82) is 0 Å². The lowest BCUT2D eigenvalue weighted by Crippen LogP contribution is -1.92. The van der Waals surface area contributed by atoms with Crippen LogP contribution in [0.15, 0.2) is 45.9 Å². The number of rotatable bonds is 7. The van der Waals surface area contributed by atoms with E-state index in [1.54, 1.807) is 0 Å². The summed E-state index contributed by atoms with van der Waals surface area (Å²) in [5.41, 5.74) is 16.6. The number of allylic oxidation sites excluding steroid dienone is 4. The highest BCUT2D eigenvalue weighted by Gasteiger charge is 2.12. The van der Waals surface area contributed by atoms with E-state index < -0.39 is 0 Å². The third kappa shape index (κ3) is 4.92. The summed E-state index contributed by atoms with van der Waals surface area (Å²) >= 11 is 0. The molecular weight excluding hydrogens is 296 g/mol. The van der Waals surface area contributed by atoms with Crippen LogP contribution in [0.4, 0.5) is 11.4 Å². The van der Waals surface area contributed by atoms with Crippen molar-refractivity contribution in [1.82, 2.24) is 0 Å². The van der Waals surface area contributed by atoms with Crippen LogP contribution in [0.2, 0.25) is 0 Å². The zero-order valence-corrected chi connectivity index (χ0v) is 15.4. The largest absolute Gasteiger partial charge is 0.461 e. The molecule has 24 heavy (non-hydrogen) atoms. The van der Waals surface area contributed by atoms with Crippen molar-refractivity contribution in [3.05, 3.63) is 47.3 Å². The minimum absolute atomic E-state index is 0.377. The van der Waals surface area contributed by atoms with Gasteiger partial charge in [-0.25, -0.2) is 0 Å². The molecule has 1 aromatic heterocycles. The summed E-state index contributed by atoms with van der Waals surface area (Å²) in [5.74, 6) is 1.38. The van der Waals surface area contributed by atoms with Gasteiger partial charge in [0.25, 0.3) is 0 Å². The van der Waals surface area contributed by atoms with Crippen molar-refractivity contribution in [2.75, 3.05) is 11.5 Å². The number of benzene rings is 1. The van der Waals surface area contributed by atoms with Gasteiger partial charge in [0, 0.05) is 17.4 Å². The van der Waals surface area contributed by atoms with Crippen LogP contribution < -0.4 is 11.5 Å². The van der Waals surface area contributed by atoms with E-state index in [4.69, 9.17) is 15.9 Å². The van der Waals surface area contributed by atoms with Gasteiger partial charge in [0.2, 0.25) is 0 Å². The van der Waals surface area contributed by atoms with Crippen molar-refractivity contribution in [3.63, 3.8) is 0 Å². The highest BCUT2D eigenvalue weighted by atomic mass is 16.3. The van der Waals surface area contributed by atoms with Crippen LogP contribution in [0.25, 0.3) is 11.0 Å². The predicted molar refractivity (Wildman–Crippen MR) is 105 cm³/mol. The van der Waals surface area contributed by atoms with Crippen molar-refractivity contribution in [2.45, 2.75) is 59.3 Å². The van der Waals surface area contributed by atoms with Gasteiger partial charge in [-0.3, -0.25) is 0 Å². The summed E-state index contributed by atoms with van der Waals surface area (Å²) in [6.07, 6.45) is 9.07. The second-order valence-corrected chi connectivity index (χ2v) is 7.02. The minimum Gasteiger partial charge on any atom is -0.461 e. The first kappa shape index (κ1) is 18.2. The second-order valence-electron chi connectivity index (χ2n) is 7.02. The van der Waals surface area contributed by atoms with Crippen LogP contribution in [0.1, 0.15) is 65.1 Å². The fourth-order valence-electron chi connectivity index (χ4n) is 2.80. The first-order valence-electron chi connectivity index (χ1n) is 8.74. The lowest BCUT2D eigenvalue weighted by atomic mass is 10.0. The fraction of sp³-hybridized carbons (Fsp3) is 0.429. The maximum absolute atomic E-state index is 5.95. The Hall–Kier alpha value is -2.16. The predicted octanol–water partition coefficient (Wildman–Crippen LogP) is 6.17. The maximum atomic E-state index is 5.95. The number of nitrogens with two attached hydrogens (primary N) is 2. The third-order valence-corrected chi connectivity index (χ3v) is 4.41. The lowest BCUT2D eigenvalue weighted by molar-refractivity contribution is 0.491. The van der Waals surface area contributed by atoms with Crippen LogP contribution in [0.5, 0.6) is 0 Å². The van der Waals surface area contributed by atoms with Crippen LogP contribution in [-0.4, -0.2) is 0 Å². The number of hydrogen-bond acceptors (Lipinski definition) is 3. The second kappa shape index (κ2) is 8.09. The molecule has 1 unspecified atom stereocenters. The molecule has 0 amide bonds. The average molecular weight is 326 g/mol. The van der Waals surface area contributed by atoms with Crippen LogP contribution in [0, 0.1) is 0 Å². The van der Waals surface area contributed by atoms with E-state index in [1.807, 2.05) is 12.1 Å². The minimum atomic E-state index is 0.377. The van der Waals surface area contributed by atoms with Gasteiger partial charge in [-0.2, -0.15) is 0 Å². The summed E-state index contributed by atoms with van der Waals surface area (Å²) in [6.45, 7) is 8.72. The molecule has 0 aliphatic rings. The normalized spacial score (nSPS) is 13.2. The molecule has 0 aliphatic carbocycles. The first-order chi connectivity index (χ1) is 11.4. The molecule has 4 N–H and O–H groups in total. The summed E-state index contributed by atoms with van der Waals surface area (Å²) in [5, 5.41) is 1.02. The molecule has 0 fully saturated rings. The maximum Gasteiger partial charge on any atom is 0.136 e. The zero-order valence-electron chi connectivity index (χ0n) is 15.4. The van der Waals surface area contributed by atoms with Crippen LogP contribution in [0.3, 0.4) is 0 Å². The van der Waals surface area contributed by atoms with E-state index in [2.05, 4.69) is 45.9 Å². The molecule has 2 aromatic rings. The van der Waals surface area contributed by atoms with Gasteiger partial charge in [0.05, 0.1) is 11.4 Å². The van der Waals surface area contributed by atoms with Crippen molar-refractivity contribution < 1.29 is 4.42 Å². The molecule has 130 valence electrons. The molecule has 0 radical (unpaired) electrons. The Bertz CT molecular complexity index is 710. The topological polar surface area (TPSA) is 65.2 Å². The van der Waals surface area contributed by atoms with Gasteiger partial charge < -0.3 is 15.9 Å². The van der Waals surface area contributed by atoms with Crippen molar-refractivity contribution >= 4 is 22.3 Å². The number of furan rings is 1. The van der Waals surface area contributed by atoms with Crippen molar-refractivity contribution in [3.8, 4) is 0 Å². The standard InChI is InChI=1S/C21H30N2O/c1-14(2)7-5-8-15(3)9-6-10-16(4)20-12-17-11-18(22)19(23)13-21(17)24-20/h7,9,11-13,16H,5-6,8,10,22-23H2,1-4H3/b15-9+. The Labute approximate surface area is 145 Å². The Morgan fingerprint density at radius 2 is 1.75 bits per heavy atom. The molecular formula is C21H30N2O. The quantitative estimate of drug-likeness (QED) is 0.472. The Kier molecular flexibility index (Phi) is 6.13. The number of anilines is 2. The highest BCUT2D eigenvalue weighted by molar-refractivity contribution is 5.87. The van der Waals surface area contributed by atoms with Gasteiger partial charge >= 0.3 is 0 Å². The van der Waals surface area contributed by atoms with Gasteiger partial charge in [-0.15, -0.1) is 0 Å². The third-order valence-electron chi connectivity index (χ3n) is 4.41. The average Bonchev–Trinajstić information content (AvgIpc) is 2.90. The Morgan fingerprint density at radius 3 is 2.46 bits per heavy atom. The van der Waals surface area contributed by atoms with E-state index in [1.165, 1.54) is 11.1 Å². The van der Waals surface area contributed by atoms with E-state index in [0.717, 1.165) is 42.4 Å². The molecule has 0 saturated carbocycles. The van der Waals surface area contributed by atoms with Gasteiger partial charge in [-0.1, -0.05) is 30.2 Å². The molecule has 1 heterocycles. The summed E-state index contributed by atoms with van der Waals surface area (Å²) in [4.78, 5) is 0. The smallest absolute Gasteiger partial charge is 0.136 e. The molecule has 0 aliphatic heterocycles. The van der Waals surface area contributed by atoms with E-state index in [-0.39, 0.29) is 0 Å². The SMILES string of the molecule is CC(C)=CCC/C(C)=C/CCC(C)c1cc2cc(N)c(N)cc2o1. The lowest BCUT2D eigenvalue weighted by Gasteiger charge is -2.06. The first-order valence-corrected chi connectivity index (χ1v) is 8.74. The van der Waals surface area contributed by atoms with Gasteiger partial charge in [0.1, 0.15) is 11.3 Å². The molecule has 1 aromatic carbocycles. The molecule has 0 spiro atoms. The summed E-state index contributed by atoms with van der Waals surface area (Å²) < 4.78 is 5.95. The summed E-state index contributed by atoms with van der Waals surface area (Å²) in [6, 6.07) is 5.78. The van der Waals surface area contributed by atoms with E-state index in [0.29, 0.717) is 17.3 Å². The van der Waals surface area contributed by atoms with Gasteiger partial charge in [-0.05, 0) is 58.6 Å². The zero-order chi connectivity index (χ0) is 17.7. The number of hydrogen-bond donors (Lipinski definition) is 2. The Balaban J connectivity index is 1.92. The highest BCUT2D eigenvalue weighted by Crippen LogP contribution is 2.31. The van der Waals surface area contributed by atoms with Gasteiger partial charge in [0.15, 0.2) is 0 Å². The number of nitrogen functional groups attached to an aromatic ring is 2. The molecule has 0 bridgehead atoms. The molecule has 3 heteroatoms. The Morgan fingerprint density at radius 1 is 1.04 bits per heavy atom. The van der Waals surface area contributed by atoms with Crippen LogP contribution >= 0.6 is 0 Å². The molecule has 3 nitrogen and oxygen atoms in total. The summed E-state index contributed by atoms with van der Waals surface area (Å²) in [7, 11) is 0.